The predicted molar refractivity (Wildman–Crippen MR) is 78.2 cm³/mol. The Morgan fingerprint density at radius 3 is 2.52 bits per heavy atom. The molecule has 2 rings (SSSR count). The topological polar surface area (TPSA) is 41.1 Å². The van der Waals surface area contributed by atoms with E-state index in [0.29, 0.717) is 19.1 Å². The van der Waals surface area contributed by atoms with Gasteiger partial charge in [-0.05, 0) is 25.0 Å². The van der Waals surface area contributed by atoms with Gasteiger partial charge in [-0.25, -0.2) is 8.78 Å². The van der Waals surface area contributed by atoms with E-state index in [0.717, 1.165) is 6.07 Å². The number of hydrogen-bond donors (Lipinski definition) is 2. The lowest BCUT2D eigenvalue weighted by atomic mass is 10.1. The lowest BCUT2D eigenvalue weighted by Crippen LogP contribution is -2.37. The highest BCUT2D eigenvalue weighted by molar-refractivity contribution is 5.94. The Morgan fingerprint density at radius 1 is 1.10 bits per heavy atom. The summed E-state index contributed by atoms with van der Waals surface area (Å²) in [5.41, 5.74) is -0.246. The Labute approximate surface area is 124 Å². The average molecular weight is 296 g/mol. The summed E-state index contributed by atoms with van der Waals surface area (Å²) in [7, 11) is 0. The second-order valence-corrected chi connectivity index (χ2v) is 5.50. The van der Waals surface area contributed by atoms with E-state index in [4.69, 9.17) is 0 Å². The van der Waals surface area contributed by atoms with Gasteiger partial charge in [-0.1, -0.05) is 31.7 Å². The smallest absolute Gasteiger partial charge is 0.254 e. The van der Waals surface area contributed by atoms with Crippen LogP contribution in [0.2, 0.25) is 0 Å². The molecule has 1 aromatic carbocycles. The highest BCUT2D eigenvalue weighted by Gasteiger charge is 2.15. The van der Waals surface area contributed by atoms with Crippen LogP contribution in [0.4, 0.5) is 8.78 Å². The summed E-state index contributed by atoms with van der Waals surface area (Å²) in [6.07, 6.45) is 7.44. The van der Waals surface area contributed by atoms with Gasteiger partial charge < -0.3 is 10.6 Å². The molecule has 0 atom stereocenters. The number of carbonyl (C=O) groups excluding carboxylic acids is 1. The Balaban J connectivity index is 1.73. The van der Waals surface area contributed by atoms with Crippen molar-refractivity contribution < 1.29 is 13.6 Å². The molecule has 0 radical (unpaired) electrons. The zero-order valence-corrected chi connectivity index (χ0v) is 12.1. The van der Waals surface area contributed by atoms with Crippen molar-refractivity contribution in [3.63, 3.8) is 0 Å². The zero-order valence-electron chi connectivity index (χ0n) is 12.1. The van der Waals surface area contributed by atoms with Crippen LogP contribution >= 0.6 is 0 Å². The first-order valence-electron chi connectivity index (χ1n) is 7.64. The highest BCUT2D eigenvalue weighted by atomic mass is 19.2. The second-order valence-electron chi connectivity index (χ2n) is 5.50. The number of halogens is 2. The minimum absolute atomic E-state index is 0.246. The predicted octanol–water partition coefficient (Wildman–Crippen LogP) is 3.01. The van der Waals surface area contributed by atoms with Gasteiger partial charge in [-0.2, -0.15) is 0 Å². The SMILES string of the molecule is O=C(NCCNC1CCCCCC1)c1cccc(F)c1F. The minimum atomic E-state index is -1.09. The summed E-state index contributed by atoms with van der Waals surface area (Å²) in [5, 5.41) is 6.03. The van der Waals surface area contributed by atoms with E-state index in [1.165, 1.54) is 50.7 Å². The fraction of sp³-hybridized carbons (Fsp3) is 0.562. The van der Waals surface area contributed by atoms with Crippen LogP contribution in [0.1, 0.15) is 48.9 Å². The summed E-state index contributed by atoms with van der Waals surface area (Å²) < 4.78 is 26.5. The fourth-order valence-electron chi connectivity index (χ4n) is 2.71. The van der Waals surface area contributed by atoms with E-state index in [9.17, 15) is 13.6 Å². The maximum atomic E-state index is 13.4. The van der Waals surface area contributed by atoms with Crippen molar-refractivity contribution >= 4 is 5.91 Å². The van der Waals surface area contributed by atoms with Crippen LogP contribution < -0.4 is 10.6 Å². The standard InChI is InChI=1S/C16H22F2N2O/c17-14-9-5-8-13(15(14)18)16(21)20-11-10-19-12-6-3-1-2-4-7-12/h5,8-9,12,19H,1-4,6-7,10-11H2,(H,20,21). The summed E-state index contributed by atoms with van der Waals surface area (Å²) in [5.74, 6) is -2.67. The van der Waals surface area contributed by atoms with Gasteiger partial charge in [0.15, 0.2) is 11.6 Å². The molecule has 1 amide bonds. The molecule has 1 aromatic rings. The van der Waals surface area contributed by atoms with Gasteiger partial charge in [0.2, 0.25) is 0 Å². The van der Waals surface area contributed by atoms with Crippen LogP contribution in [0.25, 0.3) is 0 Å². The molecule has 116 valence electrons. The lowest BCUT2D eigenvalue weighted by molar-refractivity contribution is 0.0948. The van der Waals surface area contributed by atoms with E-state index in [1.54, 1.807) is 0 Å². The molecular weight excluding hydrogens is 274 g/mol. The molecule has 0 heterocycles. The molecule has 2 N–H and O–H groups in total. The molecule has 0 spiro atoms. The molecule has 21 heavy (non-hydrogen) atoms. The van der Waals surface area contributed by atoms with Crippen LogP contribution in [0.15, 0.2) is 18.2 Å². The van der Waals surface area contributed by atoms with Gasteiger partial charge in [-0.15, -0.1) is 0 Å². The van der Waals surface area contributed by atoms with Crippen molar-refractivity contribution in [2.75, 3.05) is 13.1 Å². The first kappa shape index (κ1) is 15.9. The van der Waals surface area contributed by atoms with E-state index < -0.39 is 17.5 Å². The number of rotatable bonds is 5. The molecule has 0 aromatic heterocycles. The van der Waals surface area contributed by atoms with Gasteiger partial charge in [0.25, 0.3) is 5.91 Å². The monoisotopic (exact) mass is 296 g/mol. The van der Waals surface area contributed by atoms with Crippen molar-refractivity contribution in [2.45, 2.75) is 44.6 Å². The van der Waals surface area contributed by atoms with Crippen LogP contribution in [-0.2, 0) is 0 Å². The van der Waals surface area contributed by atoms with Crippen molar-refractivity contribution in [3.8, 4) is 0 Å². The van der Waals surface area contributed by atoms with Gasteiger partial charge in [-0.3, -0.25) is 4.79 Å². The van der Waals surface area contributed by atoms with Crippen LogP contribution in [0, 0.1) is 11.6 Å². The average Bonchev–Trinajstić information content (AvgIpc) is 2.75. The molecule has 1 aliphatic carbocycles. The van der Waals surface area contributed by atoms with Gasteiger partial charge in [0, 0.05) is 19.1 Å². The van der Waals surface area contributed by atoms with Crippen LogP contribution in [0.5, 0.6) is 0 Å². The third-order valence-electron chi connectivity index (χ3n) is 3.89. The Morgan fingerprint density at radius 2 is 1.81 bits per heavy atom. The Hall–Kier alpha value is -1.49. The highest BCUT2D eigenvalue weighted by Crippen LogP contribution is 2.16. The Kier molecular flexibility index (Phi) is 6.11. The molecular formula is C16H22F2N2O. The molecule has 3 nitrogen and oxygen atoms in total. The largest absolute Gasteiger partial charge is 0.351 e. The fourth-order valence-corrected chi connectivity index (χ4v) is 2.71. The van der Waals surface area contributed by atoms with Crippen molar-refractivity contribution in [1.29, 1.82) is 0 Å². The van der Waals surface area contributed by atoms with Crippen molar-refractivity contribution in [2.24, 2.45) is 0 Å². The molecule has 0 saturated heterocycles. The van der Waals surface area contributed by atoms with E-state index in [-0.39, 0.29) is 5.56 Å². The molecule has 0 bridgehead atoms. The Bertz CT molecular complexity index is 471. The van der Waals surface area contributed by atoms with Crippen LogP contribution in [-0.4, -0.2) is 25.0 Å². The molecule has 0 aliphatic heterocycles. The maximum Gasteiger partial charge on any atom is 0.254 e. The molecule has 1 saturated carbocycles. The normalized spacial score (nSPS) is 16.5. The third-order valence-corrected chi connectivity index (χ3v) is 3.89. The molecule has 5 heteroatoms. The van der Waals surface area contributed by atoms with Crippen LogP contribution in [0.3, 0.4) is 0 Å². The van der Waals surface area contributed by atoms with Gasteiger partial charge >= 0.3 is 0 Å². The number of amides is 1. The zero-order chi connectivity index (χ0) is 15.1. The lowest BCUT2D eigenvalue weighted by Gasteiger charge is -2.16. The summed E-state index contributed by atoms with van der Waals surface area (Å²) >= 11 is 0. The number of hydrogen-bond acceptors (Lipinski definition) is 2. The van der Waals surface area contributed by atoms with E-state index in [2.05, 4.69) is 10.6 Å². The number of carbonyl (C=O) groups is 1. The van der Waals surface area contributed by atoms with Crippen molar-refractivity contribution in [1.82, 2.24) is 10.6 Å². The number of nitrogens with one attached hydrogen (secondary N) is 2. The minimum Gasteiger partial charge on any atom is -0.351 e. The second kappa shape index (κ2) is 8.08. The van der Waals surface area contributed by atoms with E-state index >= 15 is 0 Å². The number of benzene rings is 1. The molecule has 1 aliphatic rings. The van der Waals surface area contributed by atoms with Crippen molar-refractivity contribution in [3.05, 3.63) is 35.4 Å². The van der Waals surface area contributed by atoms with Gasteiger partial charge in [0.1, 0.15) is 0 Å². The molecule has 0 unspecified atom stereocenters. The third kappa shape index (κ3) is 4.77. The summed E-state index contributed by atoms with van der Waals surface area (Å²) in [6, 6.07) is 4.12. The maximum absolute atomic E-state index is 13.4. The quantitative estimate of drug-likeness (QED) is 0.648. The first-order chi connectivity index (χ1) is 10.2. The van der Waals surface area contributed by atoms with Gasteiger partial charge in [0.05, 0.1) is 5.56 Å². The molecule has 1 fully saturated rings. The van der Waals surface area contributed by atoms with E-state index in [1.807, 2.05) is 0 Å². The summed E-state index contributed by atoms with van der Waals surface area (Å²) in [6.45, 7) is 1.05. The summed E-state index contributed by atoms with van der Waals surface area (Å²) in [4.78, 5) is 11.8. The first-order valence-corrected chi connectivity index (χ1v) is 7.64.